The van der Waals surface area contributed by atoms with Crippen LogP contribution in [0, 0.1) is 11.6 Å². The molecule has 2 aromatic carbocycles. The van der Waals surface area contributed by atoms with Crippen molar-refractivity contribution in [1.82, 2.24) is 0 Å². The molecule has 4 heteroatoms. The third-order valence-electron chi connectivity index (χ3n) is 2.57. The lowest BCUT2D eigenvalue weighted by Crippen LogP contribution is -1.95. The van der Waals surface area contributed by atoms with Gasteiger partial charge in [0.1, 0.15) is 11.6 Å². The molecule has 2 N–H and O–H groups in total. The molecule has 0 spiro atoms. The van der Waals surface area contributed by atoms with Crippen molar-refractivity contribution >= 4 is 11.8 Å². The molecule has 1 nitrogen and oxygen atoms in total. The van der Waals surface area contributed by atoms with Gasteiger partial charge in [-0.2, -0.15) is 0 Å². The molecule has 2 rings (SSSR count). The summed E-state index contributed by atoms with van der Waals surface area (Å²) in [6, 6.07) is 11.5. The molecule has 0 unspecified atom stereocenters. The van der Waals surface area contributed by atoms with Crippen LogP contribution in [0.4, 0.5) is 8.78 Å². The molecule has 0 saturated carbocycles. The number of thioether (sulfide) groups is 1. The molecular weight excluding hydrogens is 252 g/mol. The van der Waals surface area contributed by atoms with E-state index < -0.39 is 11.6 Å². The van der Waals surface area contributed by atoms with E-state index in [-0.39, 0.29) is 0 Å². The Kier molecular flexibility index (Phi) is 4.33. The van der Waals surface area contributed by atoms with Gasteiger partial charge in [0.2, 0.25) is 0 Å². The standard InChI is InChI=1S/C14H13F2NS/c15-12-4-3-11(14(16)7-12)9-18-13-5-1-10(8-17)2-6-13/h1-7H,8-9,17H2. The maximum absolute atomic E-state index is 13.4. The highest BCUT2D eigenvalue weighted by Gasteiger charge is 2.04. The second kappa shape index (κ2) is 5.98. The lowest BCUT2D eigenvalue weighted by molar-refractivity contribution is 0.576. The van der Waals surface area contributed by atoms with E-state index in [1.165, 1.54) is 23.9 Å². The van der Waals surface area contributed by atoms with E-state index in [1.807, 2.05) is 24.3 Å². The number of hydrogen-bond acceptors (Lipinski definition) is 2. The summed E-state index contributed by atoms with van der Waals surface area (Å²) in [7, 11) is 0. The van der Waals surface area contributed by atoms with Gasteiger partial charge in [-0.3, -0.25) is 0 Å². The van der Waals surface area contributed by atoms with Gasteiger partial charge in [-0.15, -0.1) is 11.8 Å². The quantitative estimate of drug-likeness (QED) is 0.853. The van der Waals surface area contributed by atoms with Gasteiger partial charge < -0.3 is 5.73 Å². The van der Waals surface area contributed by atoms with Gasteiger partial charge in [0.25, 0.3) is 0 Å². The second-order valence-corrected chi connectivity index (χ2v) is 4.92. The number of hydrogen-bond donors (Lipinski definition) is 1. The minimum Gasteiger partial charge on any atom is -0.326 e. The van der Waals surface area contributed by atoms with Crippen molar-refractivity contribution in [3.05, 3.63) is 65.2 Å². The third kappa shape index (κ3) is 3.31. The highest BCUT2D eigenvalue weighted by atomic mass is 32.2. The average molecular weight is 265 g/mol. The fraction of sp³-hybridized carbons (Fsp3) is 0.143. The summed E-state index contributed by atoms with van der Waals surface area (Å²) in [6.45, 7) is 0.511. The number of rotatable bonds is 4. The first-order valence-corrected chi connectivity index (χ1v) is 6.53. The van der Waals surface area contributed by atoms with E-state index in [4.69, 9.17) is 5.73 Å². The Morgan fingerprint density at radius 3 is 2.33 bits per heavy atom. The molecule has 0 heterocycles. The van der Waals surface area contributed by atoms with E-state index in [0.717, 1.165) is 16.5 Å². The summed E-state index contributed by atoms with van der Waals surface area (Å²) >= 11 is 1.51. The highest BCUT2D eigenvalue weighted by molar-refractivity contribution is 7.98. The van der Waals surface area contributed by atoms with Gasteiger partial charge in [0.15, 0.2) is 0 Å². The highest BCUT2D eigenvalue weighted by Crippen LogP contribution is 2.24. The first kappa shape index (κ1) is 13.1. The van der Waals surface area contributed by atoms with Crippen LogP contribution in [0.15, 0.2) is 47.4 Å². The van der Waals surface area contributed by atoms with Crippen molar-refractivity contribution < 1.29 is 8.78 Å². The van der Waals surface area contributed by atoms with E-state index in [9.17, 15) is 8.78 Å². The van der Waals surface area contributed by atoms with Crippen molar-refractivity contribution in [3.8, 4) is 0 Å². The van der Waals surface area contributed by atoms with Gasteiger partial charge in [-0.05, 0) is 29.3 Å². The summed E-state index contributed by atoms with van der Waals surface area (Å²) in [5.74, 6) is -0.566. The predicted octanol–water partition coefficient (Wildman–Crippen LogP) is 3.72. The van der Waals surface area contributed by atoms with Crippen LogP contribution in [0.5, 0.6) is 0 Å². The Balaban J connectivity index is 2.02. The van der Waals surface area contributed by atoms with Gasteiger partial charge in [0.05, 0.1) is 0 Å². The molecule has 0 aliphatic carbocycles. The molecule has 0 bridgehead atoms. The monoisotopic (exact) mass is 265 g/mol. The summed E-state index contributed by atoms with van der Waals surface area (Å²) in [6.07, 6.45) is 0. The Morgan fingerprint density at radius 2 is 1.72 bits per heavy atom. The van der Waals surface area contributed by atoms with Crippen LogP contribution in [-0.4, -0.2) is 0 Å². The fourth-order valence-corrected chi connectivity index (χ4v) is 2.41. The smallest absolute Gasteiger partial charge is 0.130 e. The maximum atomic E-state index is 13.4. The van der Waals surface area contributed by atoms with Crippen molar-refractivity contribution in [2.24, 2.45) is 5.73 Å². The van der Waals surface area contributed by atoms with Crippen molar-refractivity contribution in [3.63, 3.8) is 0 Å². The fourth-order valence-electron chi connectivity index (χ4n) is 1.52. The zero-order valence-electron chi connectivity index (χ0n) is 9.70. The summed E-state index contributed by atoms with van der Waals surface area (Å²) in [5.41, 5.74) is 7.07. The van der Waals surface area contributed by atoms with Gasteiger partial charge >= 0.3 is 0 Å². The molecule has 0 saturated heterocycles. The Morgan fingerprint density at radius 1 is 1.00 bits per heavy atom. The molecule has 18 heavy (non-hydrogen) atoms. The molecule has 2 aromatic rings. The molecule has 0 fully saturated rings. The predicted molar refractivity (Wildman–Crippen MR) is 70.3 cm³/mol. The lowest BCUT2D eigenvalue weighted by Gasteiger charge is -2.04. The summed E-state index contributed by atoms with van der Waals surface area (Å²) < 4.78 is 26.1. The summed E-state index contributed by atoms with van der Waals surface area (Å²) in [5, 5.41) is 0. The minimum atomic E-state index is -0.548. The molecule has 0 aliphatic rings. The van der Waals surface area contributed by atoms with Crippen LogP contribution in [-0.2, 0) is 12.3 Å². The van der Waals surface area contributed by atoms with Crippen LogP contribution in [0.2, 0.25) is 0 Å². The third-order valence-corrected chi connectivity index (χ3v) is 3.63. The number of nitrogens with two attached hydrogens (primary N) is 1. The summed E-state index contributed by atoms with van der Waals surface area (Å²) in [4.78, 5) is 1.04. The average Bonchev–Trinajstić information content (AvgIpc) is 2.38. The minimum absolute atomic E-state index is 0.480. The van der Waals surface area contributed by atoms with Crippen LogP contribution < -0.4 is 5.73 Å². The molecule has 94 valence electrons. The van der Waals surface area contributed by atoms with Crippen molar-refractivity contribution in [1.29, 1.82) is 0 Å². The molecule has 0 amide bonds. The van der Waals surface area contributed by atoms with Crippen LogP contribution in [0.1, 0.15) is 11.1 Å². The SMILES string of the molecule is NCc1ccc(SCc2ccc(F)cc2F)cc1. The lowest BCUT2D eigenvalue weighted by atomic mass is 10.2. The van der Waals surface area contributed by atoms with Gasteiger partial charge in [0, 0.05) is 23.3 Å². The van der Waals surface area contributed by atoms with Crippen LogP contribution in [0.3, 0.4) is 0 Å². The largest absolute Gasteiger partial charge is 0.326 e. The van der Waals surface area contributed by atoms with Crippen molar-refractivity contribution in [2.45, 2.75) is 17.2 Å². The van der Waals surface area contributed by atoms with Crippen LogP contribution >= 0.6 is 11.8 Å². The van der Waals surface area contributed by atoms with Gasteiger partial charge in [-0.25, -0.2) is 8.78 Å². The van der Waals surface area contributed by atoms with E-state index in [2.05, 4.69) is 0 Å². The molecule has 0 aliphatic heterocycles. The number of benzene rings is 2. The Bertz CT molecular complexity index is 526. The Hall–Kier alpha value is -1.39. The first-order chi connectivity index (χ1) is 8.69. The van der Waals surface area contributed by atoms with E-state index >= 15 is 0 Å². The van der Waals surface area contributed by atoms with Crippen LogP contribution in [0.25, 0.3) is 0 Å². The molecule has 0 atom stereocenters. The van der Waals surface area contributed by atoms with E-state index in [0.29, 0.717) is 17.9 Å². The second-order valence-electron chi connectivity index (χ2n) is 3.87. The maximum Gasteiger partial charge on any atom is 0.130 e. The first-order valence-electron chi connectivity index (χ1n) is 5.55. The normalized spacial score (nSPS) is 10.6. The molecular formula is C14H13F2NS. The molecule has 0 radical (unpaired) electrons. The van der Waals surface area contributed by atoms with Gasteiger partial charge in [-0.1, -0.05) is 18.2 Å². The topological polar surface area (TPSA) is 26.0 Å². The number of halogens is 2. The zero-order valence-corrected chi connectivity index (χ0v) is 10.5. The van der Waals surface area contributed by atoms with Crippen molar-refractivity contribution in [2.75, 3.05) is 0 Å². The molecule has 0 aromatic heterocycles. The zero-order chi connectivity index (χ0) is 13.0. The Labute approximate surface area is 109 Å². The van der Waals surface area contributed by atoms with E-state index in [1.54, 1.807) is 0 Å².